The predicted molar refractivity (Wildman–Crippen MR) is 77.0 cm³/mol. The van der Waals surface area contributed by atoms with Crippen molar-refractivity contribution in [3.05, 3.63) is 47.5 Å². The SMILES string of the molecule is CC(C)(C)OC(=O)c1ccc(CN)c2ccccc12. The number of rotatable bonds is 2. The van der Waals surface area contributed by atoms with Gasteiger partial charge in [-0.3, -0.25) is 0 Å². The molecule has 3 nitrogen and oxygen atoms in total. The van der Waals surface area contributed by atoms with Crippen molar-refractivity contribution in [1.82, 2.24) is 0 Å². The highest BCUT2D eigenvalue weighted by molar-refractivity contribution is 6.05. The molecular formula is C16H19NO2. The van der Waals surface area contributed by atoms with E-state index in [-0.39, 0.29) is 5.97 Å². The monoisotopic (exact) mass is 257 g/mol. The van der Waals surface area contributed by atoms with E-state index in [2.05, 4.69) is 0 Å². The van der Waals surface area contributed by atoms with Crippen molar-refractivity contribution in [3.63, 3.8) is 0 Å². The van der Waals surface area contributed by atoms with Crippen molar-refractivity contribution in [3.8, 4) is 0 Å². The maximum Gasteiger partial charge on any atom is 0.339 e. The molecule has 0 radical (unpaired) electrons. The number of esters is 1. The van der Waals surface area contributed by atoms with E-state index in [4.69, 9.17) is 10.5 Å². The van der Waals surface area contributed by atoms with Gasteiger partial charge >= 0.3 is 5.97 Å². The smallest absolute Gasteiger partial charge is 0.339 e. The van der Waals surface area contributed by atoms with Gasteiger partial charge in [-0.1, -0.05) is 30.3 Å². The van der Waals surface area contributed by atoms with Gasteiger partial charge in [0.25, 0.3) is 0 Å². The first-order valence-corrected chi connectivity index (χ1v) is 6.36. The highest BCUT2D eigenvalue weighted by Crippen LogP contribution is 2.24. The number of ether oxygens (including phenoxy) is 1. The fourth-order valence-electron chi connectivity index (χ4n) is 2.05. The van der Waals surface area contributed by atoms with Crippen LogP contribution in [0.4, 0.5) is 0 Å². The zero-order valence-corrected chi connectivity index (χ0v) is 11.6. The molecular weight excluding hydrogens is 238 g/mol. The van der Waals surface area contributed by atoms with Gasteiger partial charge in [-0.05, 0) is 43.2 Å². The molecule has 0 amide bonds. The molecule has 0 spiro atoms. The maximum absolute atomic E-state index is 12.2. The van der Waals surface area contributed by atoms with Crippen LogP contribution in [0.2, 0.25) is 0 Å². The van der Waals surface area contributed by atoms with Crippen LogP contribution < -0.4 is 5.73 Å². The summed E-state index contributed by atoms with van der Waals surface area (Å²) in [5.74, 6) is -0.299. The lowest BCUT2D eigenvalue weighted by Gasteiger charge is -2.20. The number of carbonyl (C=O) groups is 1. The van der Waals surface area contributed by atoms with E-state index in [1.165, 1.54) is 0 Å². The Morgan fingerprint density at radius 3 is 2.32 bits per heavy atom. The Balaban J connectivity index is 2.53. The van der Waals surface area contributed by atoms with E-state index >= 15 is 0 Å². The van der Waals surface area contributed by atoms with Gasteiger partial charge in [0.1, 0.15) is 5.60 Å². The number of benzene rings is 2. The standard InChI is InChI=1S/C16H19NO2/c1-16(2,3)19-15(18)14-9-8-11(10-17)12-6-4-5-7-13(12)14/h4-9H,10,17H2,1-3H3. The van der Waals surface area contributed by atoms with Gasteiger partial charge in [-0.15, -0.1) is 0 Å². The highest BCUT2D eigenvalue weighted by Gasteiger charge is 2.20. The van der Waals surface area contributed by atoms with Gasteiger partial charge in [-0.25, -0.2) is 4.79 Å². The summed E-state index contributed by atoms with van der Waals surface area (Å²) in [5, 5.41) is 1.90. The summed E-state index contributed by atoms with van der Waals surface area (Å²) < 4.78 is 5.44. The molecule has 0 unspecified atom stereocenters. The summed E-state index contributed by atoms with van der Waals surface area (Å²) in [5.41, 5.74) is 6.85. The number of fused-ring (bicyclic) bond motifs is 1. The first kappa shape index (κ1) is 13.6. The van der Waals surface area contributed by atoms with E-state index < -0.39 is 5.60 Å². The largest absolute Gasteiger partial charge is 0.456 e. The Bertz CT molecular complexity index is 612. The minimum absolute atomic E-state index is 0.299. The maximum atomic E-state index is 12.2. The predicted octanol–water partition coefficient (Wildman–Crippen LogP) is 3.25. The lowest BCUT2D eigenvalue weighted by molar-refractivity contribution is 0.00719. The van der Waals surface area contributed by atoms with Gasteiger partial charge in [0, 0.05) is 6.54 Å². The van der Waals surface area contributed by atoms with Crippen LogP contribution in [0.25, 0.3) is 10.8 Å². The number of nitrogens with two attached hydrogens (primary N) is 1. The molecule has 2 rings (SSSR count). The number of hydrogen-bond donors (Lipinski definition) is 1. The molecule has 0 aliphatic rings. The molecule has 100 valence electrons. The summed E-state index contributed by atoms with van der Waals surface area (Å²) in [4.78, 5) is 12.2. The van der Waals surface area contributed by atoms with Crippen LogP contribution in [0.3, 0.4) is 0 Å². The number of carbonyl (C=O) groups excluding carboxylic acids is 1. The van der Waals surface area contributed by atoms with Gasteiger partial charge in [0.05, 0.1) is 5.56 Å². The summed E-state index contributed by atoms with van der Waals surface area (Å²) >= 11 is 0. The van der Waals surface area contributed by atoms with E-state index in [1.54, 1.807) is 6.07 Å². The first-order valence-electron chi connectivity index (χ1n) is 6.36. The first-order chi connectivity index (χ1) is 8.92. The molecule has 0 saturated heterocycles. The third kappa shape index (κ3) is 2.93. The molecule has 2 aromatic carbocycles. The molecule has 0 aliphatic heterocycles. The molecule has 0 bridgehead atoms. The van der Waals surface area contributed by atoms with Crippen molar-refractivity contribution in [2.75, 3.05) is 0 Å². The second-order valence-electron chi connectivity index (χ2n) is 5.52. The average Bonchev–Trinajstić information content (AvgIpc) is 2.35. The molecule has 2 N–H and O–H groups in total. The van der Waals surface area contributed by atoms with Gasteiger partial charge < -0.3 is 10.5 Å². The van der Waals surface area contributed by atoms with Crippen LogP contribution in [0.15, 0.2) is 36.4 Å². The average molecular weight is 257 g/mol. The minimum atomic E-state index is -0.495. The fourth-order valence-corrected chi connectivity index (χ4v) is 2.05. The third-order valence-corrected chi connectivity index (χ3v) is 2.85. The Morgan fingerprint density at radius 1 is 1.11 bits per heavy atom. The molecule has 0 atom stereocenters. The topological polar surface area (TPSA) is 52.3 Å². The van der Waals surface area contributed by atoms with E-state index in [0.29, 0.717) is 12.1 Å². The lowest BCUT2D eigenvalue weighted by atomic mass is 9.99. The molecule has 2 aromatic rings. The quantitative estimate of drug-likeness (QED) is 0.840. The molecule has 19 heavy (non-hydrogen) atoms. The number of hydrogen-bond acceptors (Lipinski definition) is 3. The Morgan fingerprint density at radius 2 is 1.74 bits per heavy atom. The zero-order chi connectivity index (χ0) is 14.0. The lowest BCUT2D eigenvalue weighted by Crippen LogP contribution is -2.24. The molecule has 0 fully saturated rings. The van der Waals surface area contributed by atoms with Crippen LogP contribution in [0.5, 0.6) is 0 Å². The molecule has 0 saturated carbocycles. The van der Waals surface area contributed by atoms with Crippen LogP contribution in [0.1, 0.15) is 36.7 Å². The zero-order valence-electron chi connectivity index (χ0n) is 11.6. The second kappa shape index (κ2) is 5.02. The van der Waals surface area contributed by atoms with E-state index in [9.17, 15) is 4.79 Å². The molecule has 0 aromatic heterocycles. The van der Waals surface area contributed by atoms with Gasteiger partial charge in [0.15, 0.2) is 0 Å². The molecule has 3 heteroatoms. The van der Waals surface area contributed by atoms with Crippen molar-refractivity contribution in [2.45, 2.75) is 32.9 Å². The summed E-state index contributed by atoms with van der Waals surface area (Å²) in [6.45, 7) is 6.04. The van der Waals surface area contributed by atoms with E-state index in [0.717, 1.165) is 16.3 Å². The highest BCUT2D eigenvalue weighted by atomic mass is 16.6. The Labute approximate surface area is 113 Å². The summed E-state index contributed by atoms with van der Waals surface area (Å²) in [7, 11) is 0. The van der Waals surface area contributed by atoms with Crippen molar-refractivity contribution in [1.29, 1.82) is 0 Å². The molecule has 0 heterocycles. The van der Waals surface area contributed by atoms with Crippen molar-refractivity contribution in [2.24, 2.45) is 5.73 Å². The Kier molecular flexibility index (Phi) is 3.58. The Hall–Kier alpha value is -1.87. The minimum Gasteiger partial charge on any atom is -0.456 e. The van der Waals surface area contributed by atoms with Crippen molar-refractivity contribution < 1.29 is 9.53 Å². The second-order valence-corrected chi connectivity index (χ2v) is 5.52. The van der Waals surface area contributed by atoms with Gasteiger partial charge in [0.2, 0.25) is 0 Å². The summed E-state index contributed by atoms with van der Waals surface area (Å²) in [6.07, 6.45) is 0. The van der Waals surface area contributed by atoms with Crippen LogP contribution in [0, 0.1) is 0 Å². The fraction of sp³-hybridized carbons (Fsp3) is 0.312. The van der Waals surface area contributed by atoms with Crippen LogP contribution >= 0.6 is 0 Å². The van der Waals surface area contributed by atoms with Crippen LogP contribution in [-0.4, -0.2) is 11.6 Å². The summed E-state index contributed by atoms with van der Waals surface area (Å²) in [6, 6.07) is 11.4. The van der Waals surface area contributed by atoms with Crippen LogP contribution in [-0.2, 0) is 11.3 Å². The van der Waals surface area contributed by atoms with Crippen molar-refractivity contribution >= 4 is 16.7 Å². The third-order valence-electron chi connectivity index (χ3n) is 2.85. The van der Waals surface area contributed by atoms with Gasteiger partial charge in [-0.2, -0.15) is 0 Å². The van der Waals surface area contributed by atoms with E-state index in [1.807, 2.05) is 51.1 Å². The normalized spacial score (nSPS) is 11.6. The molecule has 0 aliphatic carbocycles.